The van der Waals surface area contributed by atoms with E-state index in [-0.39, 0.29) is 22.2 Å². The van der Waals surface area contributed by atoms with Crippen LogP contribution in [-0.4, -0.2) is 49.8 Å². The SMILES string of the molecule is COc1ccc(C(=O)Nc2nc3ccccc3[nH]2)cc1S(=O)(=O)N(C)C. The number of hydrogen-bond acceptors (Lipinski definition) is 5. The summed E-state index contributed by atoms with van der Waals surface area (Å²) in [6.45, 7) is 0. The number of nitrogens with zero attached hydrogens (tertiary/aromatic N) is 2. The number of fused-ring (bicyclic) bond motifs is 1. The van der Waals surface area contributed by atoms with E-state index in [1.165, 1.54) is 39.4 Å². The van der Waals surface area contributed by atoms with Crippen molar-refractivity contribution in [1.29, 1.82) is 0 Å². The van der Waals surface area contributed by atoms with Gasteiger partial charge in [0.05, 0.1) is 18.1 Å². The van der Waals surface area contributed by atoms with Crippen LogP contribution in [0.15, 0.2) is 47.4 Å². The van der Waals surface area contributed by atoms with Gasteiger partial charge in [-0.2, -0.15) is 0 Å². The van der Waals surface area contributed by atoms with Crippen molar-refractivity contribution in [2.24, 2.45) is 0 Å². The van der Waals surface area contributed by atoms with Crippen LogP contribution in [0.5, 0.6) is 5.75 Å². The second-order valence-electron chi connectivity index (χ2n) is 5.71. The molecule has 0 atom stereocenters. The maximum atomic E-state index is 12.5. The van der Waals surface area contributed by atoms with E-state index in [0.717, 1.165) is 9.82 Å². The highest BCUT2D eigenvalue weighted by Crippen LogP contribution is 2.27. The number of ether oxygens (including phenoxy) is 1. The zero-order valence-corrected chi connectivity index (χ0v) is 15.3. The Labute approximate surface area is 150 Å². The van der Waals surface area contributed by atoms with Gasteiger partial charge in [0.1, 0.15) is 10.6 Å². The first-order chi connectivity index (χ1) is 12.3. The topological polar surface area (TPSA) is 104 Å². The van der Waals surface area contributed by atoms with E-state index in [4.69, 9.17) is 4.74 Å². The third-order valence-electron chi connectivity index (χ3n) is 3.81. The van der Waals surface area contributed by atoms with Crippen molar-refractivity contribution in [3.63, 3.8) is 0 Å². The average Bonchev–Trinajstić information content (AvgIpc) is 3.03. The second-order valence-corrected chi connectivity index (χ2v) is 7.83. The predicted molar refractivity (Wildman–Crippen MR) is 97.9 cm³/mol. The Morgan fingerprint density at radius 3 is 2.58 bits per heavy atom. The van der Waals surface area contributed by atoms with Gasteiger partial charge in [0, 0.05) is 19.7 Å². The smallest absolute Gasteiger partial charge is 0.258 e. The molecule has 3 aromatic rings. The van der Waals surface area contributed by atoms with Crippen LogP contribution >= 0.6 is 0 Å². The Morgan fingerprint density at radius 1 is 1.19 bits per heavy atom. The van der Waals surface area contributed by atoms with Crippen LogP contribution in [0.2, 0.25) is 0 Å². The van der Waals surface area contributed by atoms with Crippen molar-refractivity contribution in [3.8, 4) is 5.75 Å². The van der Waals surface area contributed by atoms with Crippen molar-refractivity contribution >= 4 is 32.9 Å². The lowest BCUT2D eigenvalue weighted by Gasteiger charge is -2.15. The number of aromatic nitrogens is 2. The maximum absolute atomic E-state index is 12.5. The molecule has 2 aromatic carbocycles. The van der Waals surface area contributed by atoms with Gasteiger partial charge in [-0.1, -0.05) is 12.1 Å². The lowest BCUT2D eigenvalue weighted by atomic mass is 10.2. The number of hydrogen-bond donors (Lipinski definition) is 2. The number of amides is 1. The van der Waals surface area contributed by atoms with E-state index in [1.807, 2.05) is 24.3 Å². The molecule has 1 amide bonds. The fourth-order valence-corrected chi connectivity index (χ4v) is 3.48. The number of rotatable bonds is 5. The van der Waals surface area contributed by atoms with Gasteiger partial charge in [0.15, 0.2) is 0 Å². The van der Waals surface area contributed by atoms with E-state index in [1.54, 1.807) is 0 Å². The third-order valence-corrected chi connectivity index (χ3v) is 5.64. The lowest BCUT2D eigenvalue weighted by molar-refractivity contribution is 0.102. The number of nitrogens with one attached hydrogen (secondary N) is 2. The molecule has 3 rings (SSSR count). The summed E-state index contributed by atoms with van der Waals surface area (Å²) in [7, 11) is 0.434. The Balaban J connectivity index is 1.94. The van der Waals surface area contributed by atoms with E-state index in [0.29, 0.717) is 5.52 Å². The monoisotopic (exact) mass is 374 g/mol. The molecule has 0 spiro atoms. The summed E-state index contributed by atoms with van der Waals surface area (Å²) >= 11 is 0. The van der Waals surface area contributed by atoms with Crippen LogP contribution in [0.25, 0.3) is 11.0 Å². The minimum atomic E-state index is -3.76. The molecule has 26 heavy (non-hydrogen) atoms. The Morgan fingerprint density at radius 2 is 1.92 bits per heavy atom. The molecule has 0 saturated heterocycles. The maximum Gasteiger partial charge on any atom is 0.258 e. The minimum absolute atomic E-state index is 0.0812. The summed E-state index contributed by atoms with van der Waals surface area (Å²) < 4.78 is 31.1. The molecule has 0 bridgehead atoms. The van der Waals surface area contributed by atoms with Crippen molar-refractivity contribution < 1.29 is 17.9 Å². The molecule has 0 radical (unpaired) electrons. The highest BCUT2D eigenvalue weighted by atomic mass is 32.2. The lowest BCUT2D eigenvalue weighted by Crippen LogP contribution is -2.23. The largest absolute Gasteiger partial charge is 0.495 e. The summed E-state index contributed by atoms with van der Waals surface area (Å²) in [5.41, 5.74) is 1.67. The molecule has 1 heterocycles. The van der Waals surface area contributed by atoms with Crippen LogP contribution in [0.3, 0.4) is 0 Å². The first kappa shape index (κ1) is 17.9. The molecule has 0 saturated carbocycles. The van der Waals surface area contributed by atoms with Gasteiger partial charge < -0.3 is 9.72 Å². The van der Waals surface area contributed by atoms with Gasteiger partial charge >= 0.3 is 0 Å². The van der Waals surface area contributed by atoms with E-state index < -0.39 is 15.9 Å². The number of para-hydroxylation sites is 2. The number of H-pyrrole nitrogens is 1. The second kappa shape index (κ2) is 6.77. The Bertz CT molecular complexity index is 1040. The molecule has 0 fully saturated rings. The fourth-order valence-electron chi connectivity index (χ4n) is 2.41. The van der Waals surface area contributed by atoms with Crippen LogP contribution < -0.4 is 10.1 Å². The molecule has 136 valence electrons. The van der Waals surface area contributed by atoms with Crippen LogP contribution in [-0.2, 0) is 10.0 Å². The first-order valence-corrected chi connectivity index (χ1v) is 9.13. The number of anilines is 1. The highest BCUT2D eigenvalue weighted by molar-refractivity contribution is 7.89. The number of carbonyl (C=O) groups is 1. The third kappa shape index (κ3) is 3.26. The van der Waals surface area contributed by atoms with Crippen molar-refractivity contribution in [2.75, 3.05) is 26.5 Å². The zero-order valence-electron chi connectivity index (χ0n) is 14.5. The predicted octanol–water partition coefficient (Wildman–Crippen LogP) is 2.07. The Hall–Kier alpha value is -2.91. The Kier molecular flexibility index (Phi) is 4.66. The van der Waals surface area contributed by atoms with Crippen LogP contribution in [0, 0.1) is 0 Å². The summed E-state index contributed by atoms with van der Waals surface area (Å²) in [6.07, 6.45) is 0. The summed E-state index contributed by atoms with van der Waals surface area (Å²) in [4.78, 5) is 19.7. The van der Waals surface area contributed by atoms with Gasteiger partial charge in [0.2, 0.25) is 16.0 Å². The van der Waals surface area contributed by atoms with Crippen LogP contribution in [0.1, 0.15) is 10.4 Å². The molecule has 8 nitrogen and oxygen atoms in total. The van der Waals surface area contributed by atoms with E-state index >= 15 is 0 Å². The van der Waals surface area contributed by atoms with Gasteiger partial charge in [-0.05, 0) is 30.3 Å². The number of sulfonamides is 1. The molecular formula is C17H18N4O4S. The zero-order chi connectivity index (χ0) is 18.9. The number of imidazole rings is 1. The average molecular weight is 374 g/mol. The summed E-state index contributed by atoms with van der Waals surface area (Å²) in [5, 5.41) is 2.64. The minimum Gasteiger partial charge on any atom is -0.495 e. The first-order valence-electron chi connectivity index (χ1n) is 7.69. The van der Waals surface area contributed by atoms with E-state index in [9.17, 15) is 13.2 Å². The molecule has 0 aliphatic heterocycles. The number of methoxy groups -OCH3 is 1. The number of carbonyl (C=O) groups excluding carboxylic acids is 1. The van der Waals surface area contributed by atoms with Crippen LogP contribution in [0.4, 0.5) is 5.95 Å². The number of aromatic amines is 1. The summed E-state index contributed by atoms with van der Waals surface area (Å²) in [5.74, 6) is -0.0371. The molecular weight excluding hydrogens is 356 g/mol. The quantitative estimate of drug-likeness (QED) is 0.711. The highest BCUT2D eigenvalue weighted by Gasteiger charge is 2.24. The van der Waals surface area contributed by atoms with Crippen molar-refractivity contribution in [1.82, 2.24) is 14.3 Å². The van der Waals surface area contributed by atoms with E-state index in [2.05, 4.69) is 15.3 Å². The van der Waals surface area contributed by atoms with Crippen molar-refractivity contribution in [3.05, 3.63) is 48.0 Å². The fraction of sp³-hybridized carbons (Fsp3) is 0.176. The van der Waals surface area contributed by atoms with Gasteiger partial charge in [-0.3, -0.25) is 10.1 Å². The normalized spacial score (nSPS) is 11.7. The van der Waals surface area contributed by atoms with Gasteiger partial charge in [0.25, 0.3) is 5.91 Å². The molecule has 0 aliphatic rings. The molecule has 0 unspecified atom stereocenters. The van der Waals surface area contributed by atoms with Gasteiger partial charge in [-0.15, -0.1) is 0 Å². The molecule has 1 aromatic heterocycles. The van der Waals surface area contributed by atoms with Gasteiger partial charge in [-0.25, -0.2) is 17.7 Å². The van der Waals surface area contributed by atoms with Crippen molar-refractivity contribution in [2.45, 2.75) is 4.90 Å². The molecule has 0 aliphatic carbocycles. The standard InChI is InChI=1S/C17H18N4O4S/c1-21(2)26(23,24)15-10-11(8-9-14(15)25-3)16(22)20-17-18-12-6-4-5-7-13(12)19-17/h4-10H,1-3H3,(H2,18,19,20,22). The molecule has 2 N–H and O–H groups in total. The summed E-state index contributed by atoms with van der Waals surface area (Å²) in [6, 6.07) is 11.6. The molecule has 9 heteroatoms. The number of benzene rings is 2.